The van der Waals surface area contributed by atoms with Crippen molar-refractivity contribution in [3.8, 4) is 0 Å². The van der Waals surface area contributed by atoms with Crippen molar-refractivity contribution in [3.63, 3.8) is 0 Å². The highest BCUT2D eigenvalue weighted by atomic mass is 79.9. The molecule has 3 aliphatic rings. The molecule has 2 aromatic heterocycles. The maximum absolute atomic E-state index is 12.7. The van der Waals surface area contributed by atoms with Gasteiger partial charge in [-0.2, -0.15) is 4.40 Å². The Kier molecular flexibility index (Phi) is 7.99. The third kappa shape index (κ3) is 4.73. The molecule has 11 heteroatoms. The molecule has 2 saturated heterocycles. The minimum atomic E-state index is -1.35. The van der Waals surface area contributed by atoms with Crippen molar-refractivity contribution in [1.82, 2.24) is 9.30 Å². The van der Waals surface area contributed by atoms with Crippen molar-refractivity contribution < 1.29 is 45.8 Å². The Morgan fingerprint density at radius 3 is 2.65 bits per heavy atom. The van der Waals surface area contributed by atoms with E-state index < -0.39 is 18.0 Å². The monoisotopic (exact) mass is 646 g/mol. The summed E-state index contributed by atoms with van der Waals surface area (Å²) in [6.45, 7) is 7.83. The van der Waals surface area contributed by atoms with E-state index in [9.17, 15) is 19.8 Å². The molecule has 0 saturated carbocycles. The van der Waals surface area contributed by atoms with Crippen LogP contribution in [-0.2, 0) is 22.7 Å². The number of aliphatic carboxylic acids is 1. The van der Waals surface area contributed by atoms with Crippen LogP contribution in [0.2, 0.25) is 0 Å². The highest BCUT2D eigenvalue weighted by molar-refractivity contribution is 7.98. The molecule has 0 spiro atoms. The predicted octanol–water partition coefficient (Wildman–Crippen LogP) is -0.879. The average Bonchev–Trinajstić information content (AvgIpc) is 3.60. The van der Waals surface area contributed by atoms with Crippen molar-refractivity contribution in [2.75, 3.05) is 26.4 Å². The molecule has 8 nitrogen and oxygen atoms in total. The molecule has 1 N–H and O–H groups in total. The van der Waals surface area contributed by atoms with Gasteiger partial charge in [-0.3, -0.25) is 4.79 Å². The van der Waals surface area contributed by atoms with Crippen LogP contribution in [0.3, 0.4) is 0 Å². The van der Waals surface area contributed by atoms with Gasteiger partial charge in [-0.05, 0) is 24.8 Å². The number of carbonyl (C=O) groups excluding carboxylic acids is 2. The van der Waals surface area contributed by atoms with E-state index in [1.807, 2.05) is 13.1 Å². The first kappa shape index (κ1) is 29.3. The van der Waals surface area contributed by atoms with Crippen molar-refractivity contribution >= 4 is 45.4 Å². The largest absolute Gasteiger partial charge is 1.00 e. The summed E-state index contributed by atoms with van der Waals surface area (Å²) in [5.41, 5.74) is 3.20. The van der Waals surface area contributed by atoms with Crippen LogP contribution in [0.25, 0.3) is 10.4 Å². The van der Waals surface area contributed by atoms with E-state index in [0.29, 0.717) is 5.57 Å². The van der Waals surface area contributed by atoms with Crippen LogP contribution < -0.4 is 26.7 Å². The number of halogens is 1. The number of aliphatic hydroxyl groups excluding tert-OH is 1. The molecule has 0 radical (unpaired) electrons. The summed E-state index contributed by atoms with van der Waals surface area (Å²) in [5, 5.41) is 23.5. The van der Waals surface area contributed by atoms with Crippen LogP contribution in [0, 0.1) is 11.8 Å². The molecule has 1 aromatic carbocycles. The lowest BCUT2D eigenvalue weighted by Gasteiger charge is -2.47. The number of carboxylic acids is 1. The summed E-state index contributed by atoms with van der Waals surface area (Å²) in [6.07, 6.45) is 7.88. The van der Waals surface area contributed by atoms with Crippen molar-refractivity contribution in [2.45, 2.75) is 57.0 Å². The van der Waals surface area contributed by atoms with E-state index in [2.05, 4.69) is 52.9 Å². The predicted molar refractivity (Wildman–Crippen MR) is 149 cm³/mol. The summed E-state index contributed by atoms with van der Waals surface area (Å²) in [6, 6.07) is 8.54. The number of β-lactam (4-membered cyclic amide) rings is 1. The zero-order valence-corrected chi connectivity index (χ0v) is 26.4. The number of quaternary nitrogens is 1. The number of hydrogen-bond donors (Lipinski definition) is 1. The van der Waals surface area contributed by atoms with Crippen molar-refractivity contribution in [2.24, 2.45) is 11.8 Å². The van der Waals surface area contributed by atoms with E-state index in [0.717, 1.165) is 32.3 Å². The number of aliphatic hydroxyl groups is 1. The topological polar surface area (TPSA) is 89.0 Å². The first-order chi connectivity index (χ1) is 18.6. The molecule has 0 bridgehead atoms. The number of carbonyl (C=O) groups is 2. The Balaban J connectivity index is 0.00000323. The van der Waals surface area contributed by atoms with Crippen LogP contribution in [0.15, 0.2) is 47.5 Å². The Morgan fingerprint density at radius 2 is 2.00 bits per heavy atom. The molecule has 214 valence electrons. The minimum Gasteiger partial charge on any atom is -1.00 e. The average molecular weight is 648 g/mol. The van der Waals surface area contributed by atoms with Gasteiger partial charge in [-0.1, -0.05) is 48.2 Å². The Morgan fingerprint density at radius 1 is 1.30 bits per heavy atom. The van der Waals surface area contributed by atoms with Gasteiger partial charge in [0.25, 0.3) is 6.33 Å². The molecule has 5 heterocycles. The zero-order chi connectivity index (χ0) is 27.6. The highest BCUT2D eigenvalue weighted by Gasteiger charge is 2.59. The number of aromatic nitrogens is 2. The quantitative estimate of drug-likeness (QED) is 0.149. The molecular weight excluding hydrogens is 612 g/mol. The third-order valence-corrected chi connectivity index (χ3v) is 10.9. The van der Waals surface area contributed by atoms with Crippen LogP contribution in [0.4, 0.5) is 0 Å². The molecule has 6 rings (SSSR count). The molecule has 3 aliphatic heterocycles. The first-order valence-electron chi connectivity index (χ1n) is 13.6. The number of fused-ring (bicyclic) bond motifs is 2. The molecule has 40 heavy (non-hydrogen) atoms. The van der Waals surface area contributed by atoms with Crippen molar-refractivity contribution in [3.05, 3.63) is 58.5 Å². The number of rotatable bonds is 8. The molecular formula is C29H35BrN4O4S2. The first-order valence-corrected chi connectivity index (χ1v) is 15.6. The second-order valence-corrected chi connectivity index (χ2v) is 13.4. The van der Waals surface area contributed by atoms with E-state index >= 15 is 0 Å². The number of thiazole rings is 1. The number of thioether (sulfide) groups is 1. The fourth-order valence-electron chi connectivity index (χ4n) is 6.98. The fourth-order valence-corrected chi connectivity index (χ4v) is 9.16. The van der Waals surface area contributed by atoms with Gasteiger partial charge in [0.2, 0.25) is 15.8 Å². The Labute approximate surface area is 253 Å². The molecule has 2 fully saturated rings. The standard InChI is InChI=1S/C29H35N4O4S2.BrH/c1-17-22(25(29(36)37)32-24(17)23(18(2)34)26(32)35)21-14-31-16-30(27(38-4)28(31)39-21)13-19-8-7-9-20(12-19)15-33(3)10-5-6-11-33;/h7-9,12,14,16-18,23-24,34H,5-6,10-11,13,15H2,1-4H3;1H/q+1;/p-1/t17-,18+,23+,24+;/m0./s1. The zero-order valence-electron chi connectivity index (χ0n) is 23.2. The number of hydrogen-bond acceptors (Lipinski definition) is 6. The number of benzene rings is 1. The van der Waals surface area contributed by atoms with Crippen LogP contribution in [0.5, 0.6) is 0 Å². The second kappa shape index (κ2) is 10.9. The summed E-state index contributed by atoms with van der Waals surface area (Å²) < 4.78 is 5.42. The fraction of sp³-hybridized carbons (Fsp3) is 0.483. The number of amides is 1. The highest BCUT2D eigenvalue weighted by Crippen LogP contribution is 2.51. The molecule has 1 amide bonds. The minimum absolute atomic E-state index is 0. The Hall–Kier alpha value is -2.18. The summed E-state index contributed by atoms with van der Waals surface area (Å²) in [4.78, 5) is 28.1. The normalized spacial score (nSPS) is 24.3. The van der Waals surface area contributed by atoms with E-state index in [-0.39, 0.29) is 40.5 Å². The SMILES string of the molecule is CSc1c2sc(C3=C(C(=O)[O-])N4C(=O)[C@H]([C@@H](C)O)[C@H]4[C@H]3C)cn2c[n+]1Cc1cccc(C[N+]2(C)CCCC2)c1.[Br-]. The summed E-state index contributed by atoms with van der Waals surface area (Å²) in [5.74, 6) is -2.50. The lowest BCUT2D eigenvalue weighted by atomic mass is 9.77. The molecule has 0 aliphatic carbocycles. The van der Waals surface area contributed by atoms with Gasteiger partial charge in [-0.15, -0.1) is 0 Å². The van der Waals surface area contributed by atoms with Crippen molar-refractivity contribution in [1.29, 1.82) is 0 Å². The van der Waals surface area contributed by atoms with Crippen LogP contribution >= 0.6 is 23.1 Å². The van der Waals surface area contributed by atoms with Gasteiger partial charge in [-0.25, -0.2) is 4.57 Å². The molecule has 0 unspecified atom stereocenters. The van der Waals surface area contributed by atoms with E-state index in [1.165, 1.54) is 53.3 Å². The second-order valence-electron chi connectivity index (χ2n) is 11.6. The van der Waals surface area contributed by atoms with Gasteiger partial charge in [0.15, 0.2) is 0 Å². The smallest absolute Gasteiger partial charge is 0.250 e. The molecule has 4 atom stereocenters. The Bertz CT molecular complexity index is 1510. The number of carboxylic acid groups (broad SMARTS) is 1. The van der Waals surface area contributed by atoms with Gasteiger partial charge >= 0.3 is 0 Å². The summed E-state index contributed by atoms with van der Waals surface area (Å²) >= 11 is 3.21. The van der Waals surface area contributed by atoms with Gasteiger partial charge in [0.1, 0.15) is 19.3 Å². The molecule has 3 aromatic rings. The van der Waals surface area contributed by atoms with E-state index in [4.69, 9.17) is 0 Å². The van der Waals surface area contributed by atoms with Gasteiger partial charge in [0.05, 0.1) is 54.7 Å². The van der Waals surface area contributed by atoms with Gasteiger partial charge in [0, 0.05) is 29.9 Å². The lowest BCUT2D eigenvalue weighted by Crippen LogP contribution is -3.00. The number of likely N-dealkylation sites (tertiary alicyclic amines) is 1. The van der Waals surface area contributed by atoms with Gasteiger partial charge < -0.3 is 41.4 Å². The maximum Gasteiger partial charge on any atom is 0.250 e. The maximum atomic E-state index is 12.7. The van der Waals surface area contributed by atoms with Crippen LogP contribution in [-0.4, -0.2) is 69.3 Å². The third-order valence-electron chi connectivity index (χ3n) is 8.78. The van der Waals surface area contributed by atoms with Crippen LogP contribution in [0.1, 0.15) is 42.7 Å². The lowest BCUT2D eigenvalue weighted by molar-refractivity contribution is -0.910. The summed E-state index contributed by atoms with van der Waals surface area (Å²) in [7, 11) is 2.36. The van der Waals surface area contributed by atoms with E-state index in [1.54, 1.807) is 18.7 Å². The number of imidazole rings is 1. The number of nitrogens with zero attached hydrogens (tertiary/aromatic N) is 4.